The Balaban J connectivity index is 1.37. The van der Waals surface area contributed by atoms with Crippen LogP contribution in [0, 0.1) is 0 Å². The van der Waals surface area contributed by atoms with E-state index < -0.39 is 5.97 Å². The van der Waals surface area contributed by atoms with Gasteiger partial charge in [-0.1, -0.05) is 36.4 Å². The first kappa shape index (κ1) is 19.6. The largest absolute Gasteiger partial charge is 0.452 e. The molecule has 150 valence electrons. The number of carbonyl (C=O) groups is 2. The van der Waals surface area contributed by atoms with Crippen molar-refractivity contribution in [3.05, 3.63) is 107 Å². The van der Waals surface area contributed by atoms with Gasteiger partial charge in [0.2, 0.25) is 0 Å². The first-order valence-electron chi connectivity index (χ1n) is 9.35. The Morgan fingerprint density at radius 2 is 1.80 bits per heavy atom. The van der Waals surface area contributed by atoms with E-state index in [1.165, 1.54) is 0 Å². The van der Waals surface area contributed by atoms with E-state index in [1.807, 2.05) is 60.1 Å². The van der Waals surface area contributed by atoms with Crippen LogP contribution in [0.15, 0.2) is 90.6 Å². The highest BCUT2D eigenvalue weighted by Crippen LogP contribution is 2.25. The zero-order valence-electron chi connectivity index (χ0n) is 16.0. The molecule has 2 aromatic heterocycles. The smallest absolute Gasteiger partial charge is 0.338 e. The third kappa shape index (κ3) is 4.64. The van der Waals surface area contributed by atoms with Gasteiger partial charge >= 0.3 is 5.97 Å². The number of hydrogen-bond acceptors (Lipinski definition) is 5. The zero-order chi connectivity index (χ0) is 20.8. The lowest BCUT2D eigenvalue weighted by Crippen LogP contribution is -2.32. The molecule has 0 radical (unpaired) electrons. The van der Waals surface area contributed by atoms with Gasteiger partial charge in [0.05, 0.1) is 17.3 Å². The van der Waals surface area contributed by atoms with Gasteiger partial charge in [0.1, 0.15) is 0 Å². The number of carbonyl (C=O) groups excluding carboxylic acids is 2. The number of amides is 1. The average molecular weight is 417 g/mol. The molecule has 0 saturated heterocycles. The third-order valence-corrected chi connectivity index (χ3v) is 5.41. The van der Waals surface area contributed by atoms with Gasteiger partial charge in [-0.25, -0.2) is 9.48 Å². The van der Waals surface area contributed by atoms with E-state index in [1.54, 1.807) is 46.5 Å². The highest BCUT2D eigenvalue weighted by Gasteiger charge is 2.19. The van der Waals surface area contributed by atoms with E-state index in [-0.39, 0.29) is 18.6 Å². The zero-order valence-corrected chi connectivity index (χ0v) is 16.8. The van der Waals surface area contributed by atoms with Gasteiger partial charge < -0.3 is 10.1 Å². The number of thiophene rings is 1. The Morgan fingerprint density at radius 1 is 1.00 bits per heavy atom. The minimum absolute atomic E-state index is 0.286. The van der Waals surface area contributed by atoms with Crippen molar-refractivity contribution < 1.29 is 14.3 Å². The fourth-order valence-corrected chi connectivity index (χ4v) is 3.81. The maximum Gasteiger partial charge on any atom is 0.338 e. The summed E-state index contributed by atoms with van der Waals surface area (Å²) < 4.78 is 6.90. The van der Waals surface area contributed by atoms with Crippen LogP contribution in [-0.2, 0) is 9.53 Å². The van der Waals surface area contributed by atoms with Crippen molar-refractivity contribution in [1.29, 1.82) is 0 Å². The van der Waals surface area contributed by atoms with E-state index in [2.05, 4.69) is 10.4 Å². The molecule has 6 nitrogen and oxygen atoms in total. The molecule has 1 N–H and O–H groups in total. The van der Waals surface area contributed by atoms with Gasteiger partial charge in [-0.15, -0.1) is 11.3 Å². The highest BCUT2D eigenvalue weighted by atomic mass is 32.1. The molecule has 0 fully saturated rings. The van der Waals surface area contributed by atoms with Crippen molar-refractivity contribution in [3.63, 3.8) is 0 Å². The second-order valence-corrected chi connectivity index (χ2v) is 7.48. The molecule has 2 aromatic carbocycles. The van der Waals surface area contributed by atoms with Crippen molar-refractivity contribution in [3.8, 4) is 5.69 Å². The monoisotopic (exact) mass is 417 g/mol. The fourth-order valence-electron chi connectivity index (χ4n) is 3.01. The van der Waals surface area contributed by atoms with Crippen LogP contribution in [0.1, 0.15) is 26.8 Å². The molecule has 0 unspecified atom stereocenters. The molecule has 0 spiro atoms. The first-order chi connectivity index (χ1) is 14.7. The summed E-state index contributed by atoms with van der Waals surface area (Å²) in [6, 6.07) is 22.0. The van der Waals surface area contributed by atoms with Crippen molar-refractivity contribution in [2.45, 2.75) is 6.04 Å². The molecule has 1 atom stereocenters. The van der Waals surface area contributed by atoms with Crippen LogP contribution in [0.4, 0.5) is 0 Å². The van der Waals surface area contributed by atoms with Crippen LogP contribution in [0.25, 0.3) is 5.69 Å². The maximum atomic E-state index is 12.5. The Kier molecular flexibility index (Phi) is 6.01. The number of benzene rings is 2. The van der Waals surface area contributed by atoms with E-state index >= 15 is 0 Å². The molecule has 7 heteroatoms. The Labute approximate surface area is 177 Å². The van der Waals surface area contributed by atoms with Crippen LogP contribution in [0.2, 0.25) is 0 Å². The van der Waals surface area contributed by atoms with Gasteiger partial charge in [-0.2, -0.15) is 5.10 Å². The summed E-state index contributed by atoms with van der Waals surface area (Å²) in [6.07, 6.45) is 3.49. The van der Waals surface area contributed by atoms with Gasteiger partial charge in [-0.05, 0) is 47.3 Å². The maximum absolute atomic E-state index is 12.5. The lowest BCUT2D eigenvalue weighted by molar-refractivity contribution is -0.124. The molecule has 0 saturated carbocycles. The fraction of sp³-hybridized carbons (Fsp3) is 0.0870. The van der Waals surface area contributed by atoms with Gasteiger partial charge in [-0.3, -0.25) is 4.79 Å². The Hall–Kier alpha value is -3.71. The molecular weight excluding hydrogens is 398 g/mol. The quantitative estimate of drug-likeness (QED) is 0.462. The molecule has 0 aliphatic carbocycles. The minimum Gasteiger partial charge on any atom is -0.452 e. The molecular formula is C23H19N3O3S. The molecule has 0 aliphatic rings. The number of rotatable bonds is 7. The summed E-state index contributed by atoms with van der Waals surface area (Å²) in [5, 5.41) is 9.06. The standard InChI is InChI=1S/C23H19N3O3S/c27-21(25-22(20-8-4-15-30-20)17-6-2-1-3-7-17)16-29-23(28)18-9-11-19(12-10-18)26-14-5-13-24-26/h1-15,22H,16H2,(H,25,27)/t22-/m0/s1. The lowest BCUT2D eigenvalue weighted by atomic mass is 10.1. The topological polar surface area (TPSA) is 73.2 Å². The third-order valence-electron chi connectivity index (χ3n) is 4.47. The van der Waals surface area contributed by atoms with E-state index in [9.17, 15) is 9.59 Å². The van der Waals surface area contributed by atoms with Crippen LogP contribution in [0.5, 0.6) is 0 Å². The van der Waals surface area contributed by atoms with Crippen LogP contribution < -0.4 is 5.32 Å². The van der Waals surface area contributed by atoms with Gasteiger partial charge in [0, 0.05) is 17.3 Å². The Morgan fingerprint density at radius 3 is 2.47 bits per heavy atom. The SMILES string of the molecule is O=C(COC(=O)c1ccc(-n2cccn2)cc1)N[C@@H](c1ccccc1)c1cccs1. The van der Waals surface area contributed by atoms with E-state index in [0.717, 1.165) is 16.1 Å². The Bertz CT molecular complexity index is 1090. The van der Waals surface area contributed by atoms with Gasteiger partial charge in [0.25, 0.3) is 5.91 Å². The predicted molar refractivity (Wildman–Crippen MR) is 115 cm³/mol. The highest BCUT2D eigenvalue weighted by molar-refractivity contribution is 7.10. The number of hydrogen-bond donors (Lipinski definition) is 1. The normalized spacial score (nSPS) is 11.6. The van der Waals surface area contributed by atoms with Crippen LogP contribution in [-0.4, -0.2) is 28.3 Å². The van der Waals surface area contributed by atoms with Gasteiger partial charge in [0.15, 0.2) is 6.61 Å². The van der Waals surface area contributed by atoms with E-state index in [0.29, 0.717) is 5.56 Å². The molecule has 4 aromatic rings. The first-order valence-corrected chi connectivity index (χ1v) is 10.2. The molecule has 0 aliphatic heterocycles. The summed E-state index contributed by atoms with van der Waals surface area (Å²) in [4.78, 5) is 25.8. The number of nitrogens with zero attached hydrogens (tertiary/aromatic N) is 2. The van der Waals surface area contributed by atoms with Crippen molar-refractivity contribution in [2.75, 3.05) is 6.61 Å². The van der Waals surface area contributed by atoms with Crippen molar-refractivity contribution in [1.82, 2.24) is 15.1 Å². The summed E-state index contributed by atoms with van der Waals surface area (Å²) in [6.45, 7) is -0.353. The molecule has 4 rings (SSSR count). The van der Waals surface area contributed by atoms with Crippen LogP contribution in [0.3, 0.4) is 0 Å². The molecule has 0 bridgehead atoms. The molecule has 30 heavy (non-hydrogen) atoms. The summed E-state index contributed by atoms with van der Waals surface area (Å²) >= 11 is 1.56. The second-order valence-electron chi connectivity index (χ2n) is 6.50. The number of ether oxygens (including phenoxy) is 1. The lowest BCUT2D eigenvalue weighted by Gasteiger charge is -2.18. The number of esters is 1. The summed E-state index contributed by atoms with van der Waals surface area (Å²) in [5.74, 6) is -0.914. The molecule has 2 heterocycles. The summed E-state index contributed by atoms with van der Waals surface area (Å²) in [5.41, 5.74) is 2.17. The number of aromatic nitrogens is 2. The van der Waals surface area contributed by atoms with Crippen LogP contribution >= 0.6 is 11.3 Å². The predicted octanol–water partition coefficient (Wildman–Crippen LogP) is 4.00. The van der Waals surface area contributed by atoms with Crippen molar-refractivity contribution in [2.24, 2.45) is 0 Å². The average Bonchev–Trinajstić information content (AvgIpc) is 3.51. The minimum atomic E-state index is -0.551. The second kappa shape index (κ2) is 9.19. The van der Waals surface area contributed by atoms with E-state index in [4.69, 9.17) is 4.74 Å². The molecule has 1 amide bonds. The van der Waals surface area contributed by atoms with Crippen molar-refractivity contribution >= 4 is 23.2 Å². The summed E-state index contributed by atoms with van der Waals surface area (Å²) in [7, 11) is 0. The number of nitrogens with one attached hydrogen (secondary N) is 1.